The van der Waals surface area contributed by atoms with Crippen LogP contribution in [0.15, 0.2) is 42.5 Å². The topological polar surface area (TPSA) is 92.9 Å². The quantitative estimate of drug-likeness (QED) is 0.680. The van der Waals surface area contributed by atoms with E-state index in [1.54, 1.807) is 35.2 Å². The van der Waals surface area contributed by atoms with Gasteiger partial charge in [0.25, 0.3) is 5.91 Å². The molecular formula is C25H26FN3O4. The molecule has 2 atom stereocenters. The van der Waals surface area contributed by atoms with Gasteiger partial charge in [-0.15, -0.1) is 0 Å². The van der Waals surface area contributed by atoms with E-state index in [0.717, 1.165) is 28.9 Å². The number of benzene rings is 2. The molecule has 1 saturated carbocycles. The van der Waals surface area contributed by atoms with Crippen molar-refractivity contribution in [2.45, 2.75) is 50.8 Å². The van der Waals surface area contributed by atoms with E-state index in [9.17, 15) is 18.8 Å². The van der Waals surface area contributed by atoms with Gasteiger partial charge in [0.1, 0.15) is 12.4 Å². The first kappa shape index (κ1) is 21.4. The maximum absolute atomic E-state index is 13.4. The highest BCUT2D eigenvalue weighted by Gasteiger charge is 2.58. The van der Waals surface area contributed by atoms with Crippen molar-refractivity contribution in [3.8, 4) is 0 Å². The SMILES string of the molecule is C[C@@H](C1CC1)N(Cc1ccc(F)cc1)C(=O)CN1C(=O)O[C@@]2(CCc3cc(N)ccc32)C1=O. The number of nitrogens with zero attached hydrogens (tertiary/aromatic N) is 2. The molecule has 1 spiro atoms. The first-order chi connectivity index (χ1) is 15.8. The van der Waals surface area contributed by atoms with Crippen LogP contribution in [0.5, 0.6) is 0 Å². The number of rotatable bonds is 6. The van der Waals surface area contributed by atoms with Crippen molar-refractivity contribution in [1.29, 1.82) is 0 Å². The summed E-state index contributed by atoms with van der Waals surface area (Å²) in [6, 6.07) is 11.1. The Bertz CT molecular complexity index is 1130. The number of hydrogen-bond acceptors (Lipinski definition) is 5. The summed E-state index contributed by atoms with van der Waals surface area (Å²) in [4.78, 5) is 42.1. The van der Waals surface area contributed by atoms with Crippen molar-refractivity contribution < 1.29 is 23.5 Å². The van der Waals surface area contributed by atoms with Gasteiger partial charge < -0.3 is 15.4 Å². The van der Waals surface area contributed by atoms with E-state index >= 15 is 0 Å². The molecule has 2 aliphatic carbocycles. The van der Waals surface area contributed by atoms with Crippen LogP contribution in [-0.4, -0.2) is 40.3 Å². The van der Waals surface area contributed by atoms with Crippen LogP contribution in [0.2, 0.25) is 0 Å². The van der Waals surface area contributed by atoms with Crippen LogP contribution in [0.4, 0.5) is 14.9 Å². The fourth-order valence-electron chi connectivity index (χ4n) is 4.98. The van der Waals surface area contributed by atoms with Crippen molar-refractivity contribution in [3.63, 3.8) is 0 Å². The van der Waals surface area contributed by atoms with Crippen molar-refractivity contribution in [2.24, 2.45) is 5.92 Å². The number of hydrogen-bond donors (Lipinski definition) is 1. The Morgan fingerprint density at radius 2 is 1.97 bits per heavy atom. The van der Waals surface area contributed by atoms with Gasteiger partial charge in [-0.1, -0.05) is 18.2 Å². The zero-order valence-corrected chi connectivity index (χ0v) is 18.4. The number of imide groups is 1. The molecule has 3 amide bonds. The number of halogens is 1. The molecule has 2 aromatic carbocycles. The Hall–Kier alpha value is -3.42. The minimum absolute atomic E-state index is 0.0552. The smallest absolute Gasteiger partial charge is 0.418 e. The summed E-state index contributed by atoms with van der Waals surface area (Å²) in [7, 11) is 0. The first-order valence-electron chi connectivity index (χ1n) is 11.3. The van der Waals surface area contributed by atoms with Gasteiger partial charge in [0.15, 0.2) is 0 Å². The lowest BCUT2D eigenvalue weighted by Gasteiger charge is -2.30. The maximum atomic E-state index is 13.4. The highest BCUT2D eigenvalue weighted by molar-refractivity contribution is 6.06. The van der Waals surface area contributed by atoms with Crippen molar-refractivity contribution in [2.75, 3.05) is 12.3 Å². The van der Waals surface area contributed by atoms with E-state index in [-0.39, 0.29) is 30.9 Å². The highest BCUT2D eigenvalue weighted by Crippen LogP contribution is 2.46. The summed E-state index contributed by atoms with van der Waals surface area (Å²) in [6.07, 6.45) is 2.15. The number of anilines is 1. The van der Waals surface area contributed by atoms with E-state index in [4.69, 9.17) is 10.5 Å². The highest BCUT2D eigenvalue weighted by atomic mass is 19.1. The molecule has 2 aromatic rings. The molecule has 0 radical (unpaired) electrons. The monoisotopic (exact) mass is 451 g/mol. The summed E-state index contributed by atoms with van der Waals surface area (Å²) in [5.74, 6) is -0.808. The molecule has 2 N–H and O–H groups in total. The number of fused-ring (bicyclic) bond motifs is 2. The van der Waals surface area contributed by atoms with Gasteiger partial charge in [-0.05, 0) is 67.5 Å². The van der Waals surface area contributed by atoms with Gasteiger partial charge >= 0.3 is 6.09 Å². The second-order valence-corrected chi connectivity index (χ2v) is 9.23. The molecule has 33 heavy (non-hydrogen) atoms. The van der Waals surface area contributed by atoms with Gasteiger partial charge in [0, 0.05) is 30.3 Å². The Balaban J connectivity index is 1.37. The average molecular weight is 451 g/mol. The molecule has 1 saturated heterocycles. The average Bonchev–Trinajstić information content (AvgIpc) is 3.54. The fourth-order valence-corrected chi connectivity index (χ4v) is 4.98. The third kappa shape index (κ3) is 3.73. The zero-order valence-electron chi connectivity index (χ0n) is 18.4. The molecule has 0 bridgehead atoms. The largest absolute Gasteiger partial charge is 0.427 e. The molecule has 5 rings (SSSR count). The van der Waals surface area contributed by atoms with E-state index in [1.807, 2.05) is 6.92 Å². The summed E-state index contributed by atoms with van der Waals surface area (Å²) in [5.41, 5.74) is 7.36. The molecule has 172 valence electrons. The number of carbonyl (C=O) groups is 3. The number of amides is 3. The number of nitrogens with two attached hydrogens (primary N) is 1. The zero-order chi connectivity index (χ0) is 23.3. The summed E-state index contributed by atoms with van der Waals surface area (Å²) < 4.78 is 18.9. The number of ether oxygens (including phenoxy) is 1. The Morgan fingerprint density at radius 1 is 1.24 bits per heavy atom. The standard InChI is InChI=1S/C25H26FN3O4/c1-15(17-4-5-17)28(13-16-2-6-19(26)7-3-16)22(30)14-29-23(31)25(33-24(29)32)11-10-18-12-20(27)8-9-21(18)25/h2-3,6-9,12,15,17H,4-5,10-11,13-14,27H2,1H3/t15-,25+/m0/s1. The Kier molecular flexibility index (Phi) is 5.11. The maximum Gasteiger partial charge on any atom is 0.418 e. The van der Waals surface area contributed by atoms with E-state index in [1.165, 1.54) is 12.1 Å². The molecule has 0 unspecified atom stereocenters. The minimum Gasteiger partial charge on any atom is -0.427 e. The summed E-state index contributed by atoms with van der Waals surface area (Å²) in [6.45, 7) is 1.87. The van der Waals surface area contributed by atoms with Crippen molar-refractivity contribution in [1.82, 2.24) is 9.80 Å². The van der Waals surface area contributed by atoms with E-state index in [0.29, 0.717) is 30.0 Å². The molecular weight excluding hydrogens is 425 g/mol. The van der Waals surface area contributed by atoms with Crippen LogP contribution in [0, 0.1) is 11.7 Å². The van der Waals surface area contributed by atoms with Crippen molar-refractivity contribution in [3.05, 3.63) is 65.0 Å². The van der Waals surface area contributed by atoms with Gasteiger partial charge in [-0.3, -0.25) is 9.59 Å². The van der Waals surface area contributed by atoms with Crippen LogP contribution < -0.4 is 5.73 Å². The third-order valence-corrected chi connectivity index (χ3v) is 7.06. The predicted molar refractivity (Wildman–Crippen MR) is 118 cm³/mol. The van der Waals surface area contributed by atoms with Crippen LogP contribution in [0.25, 0.3) is 0 Å². The molecule has 8 heteroatoms. The second kappa shape index (κ2) is 7.86. The summed E-state index contributed by atoms with van der Waals surface area (Å²) >= 11 is 0. The molecule has 1 heterocycles. The van der Waals surface area contributed by atoms with Gasteiger partial charge in [-0.2, -0.15) is 0 Å². The van der Waals surface area contributed by atoms with Crippen molar-refractivity contribution >= 4 is 23.6 Å². The van der Waals surface area contributed by atoms with Crippen LogP contribution >= 0.6 is 0 Å². The second-order valence-electron chi connectivity index (χ2n) is 9.23. The summed E-state index contributed by atoms with van der Waals surface area (Å²) in [5, 5.41) is 0. The van der Waals surface area contributed by atoms with Gasteiger partial charge in [0.05, 0.1) is 0 Å². The van der Waals surface area contributed by atoms with Crippen LogP contribution in [-0.2, 0) is 32.9 Å². The molecule has 1 aliphatic heterocycles. The van der Waals surface area contributed by atoms with Crippen LogP contribution in [0.1, 0.15) is 42.9 Å². The molecule has 0 aromatic heterocycles. The lowest BCUT2D eigenvalue weighted by atomic mass is 9.94. The van der Waals surface area contributed by atoms with E-state index in [2.05, 4.69) is 0 Å². The Labute approximate surface area is 191 Å². The van der Waals surface area contributed by atoms with Gasteiger partial charge in [-0.25, -0.2) is 14.1 Å². The minimum atomic E-state index is -1.38. The Morgan fingerprint density at radius 3 is 2.67 bits per heavy atom. The van der Waals surface area contributed by atoms with E-state index < -0.39 is 17.6 Å². The lowest BCUT2D eigenvalue weighted by Crippen LogP contribution is -2.47. The normalized spacial score (nSPS) is 22.4. The fraction of sp³-hybridized carbons (Fsp3) is 0.400. The number of aryl methyl sites for hydroxylation is 1. The lowest BCUT2D eigenvalue weighted by molar-refractivity contribution is -0.143. The van der Waals surface area contributed by atoms with Crippen LogP contribution in [0.3, 0.4) is 0 Å². The molecule has 7 nitrogen and oxygen atoms in total. The molecule has 3 aliphatic rings. The number of nitrogen functional groups attached to an aromatic ring is 1. The third-order valence-electron chi connectivity index (χ3n) is 7.06. The molecule has 2 fully saturated rings. The number of carbonyl (C=O) groups excluding carboxylic acids is 3. The first-order valence-corrected chi connectivity index (χ1v) is 11.3. The predicted octanol–water partition coefficient (Wildman–Crippen LogP) is 3.36. The van der Waals surface area contributed by atoms with Gasteiger partial charge in [0.2, 0.25) is 11.5 Å².